The van der Waals surface area contributed by atoms with Gasteiger partial charge in [-0.25, -0.2) is 0 Å². The molecule has 0 fully saturated rings. The van der Waals surface area contributed by atoms with E-state index in [-0.39, 0.29) is 0 Å². The quantitative estimate of drug-likeness (QED) is 0.809. The van der Waals surface area contributed by atoms with Crippen molar-refractivity contribution in [3.05, 3.63) is 36.0 Å². The van der Waals surface area contributed by atoms with Crippen molar-refractivity contribution >= 4 is 10.9 Å². The van der Waals surface area contributed by atoms with Gasteiger partial charge in [-0.2, -0.15) is 0 Å². The van der Waals surface area contributed by atoms with E-state index < -0.39 is 0 Å². The Morgan fingerprint density at radius 1 is 1.27 bits per heavy atom. The van der Waals surface area contributed by atoms with E-state index in [2.05, 4.69) is 61.2 Å². The first-order valence-electron chi connectivity index (χ1n) is 5.44. The number of rotatable bonds is 3. The molecule has 2 rings (SSSR count). The van der Waals surface area contributed by atoms with Gasteiger partial charge in [0.15, 0.2) is 0 Å². The standard InChI is InChI=1S/C13H18N2/c1-10(2)14-9-11-4-5-12-6-7-15(3)13(12)8-11/h4-8,10,14H,9H2,1-3H3. The summed E-state index contributed by atoms with van der Waals surface area (Å²) in [7, 11) is 2.09. The van der Waals surface area contributed by atoms with Crippen LogP contribution >= 0.6 is 0 Å². The fourth-order valence-corrected chi connectivity index (χ4v) is 1.74. The van der Waals surface area contributed by atoms with E-state index in [0.717, 1.165) is 6.54 Å². The Labute approximate surface area is 90.9 Å². The molecule has 1 N–H and O–H groups in total. The van der Waals surface area contributed by atoms with Crippen LogP contribution in [0.3, 0.4) is 0 Å². The highest BCUT2D eigenvalue weighted by Gasteiger charge is 2.00. The minimum Gasteiger partial charge on any atom is -0.351 e. The molecular formula is C13H18N2. The van der Waals surface area contributed by atoms with E-state index in [9.17, 15) is 0 Å². The third kappa shape index (κ3) is 2.21. The maximum atomic E-state index is 3.43. The van der Waals surface area contributed by atoms with Gasteiger partial charge in [-0.15, -0.1) is 0 Å². The largest absolute Gasteiger partial charge is 0.351 e. The molecule has 0 atom stereocenters. The Morgan fingerprint density at radius 2 is 2.07 bits per heavy atom. The number of fused-ring (bicyclic) bond motifs is 1. The molecule has 2 nitrogen and oxygen atoms in total. The van der Waals surface area contributed by atoms with Crippen molar-refractivity contribution in [2.75, 3.05) is 0 Å². The topological polar surface area (TPSA) is 17.0 Å². The average Bonchev–Trinajstić information content (AvgIpc) is 2.57. The van der Waals surface area contributed by atoms with Crippen molar-refractivity contribution in [2.45, 2.75) is 26.4 Å². The minimum atomic E-state index is 0.536. The van der Waals surface area contributed by atoms with E-state index in [1.54, 1.807) is 0 Å². The Kier molecular flexibility index (Phi) is 2.78. The molecule has 0 amide bonds. The molecule has 2 aromatic rings. The molecule has 1 aromatic carbocycles. The second-order valence-corrected chi connectivity index (χ2v) is 4.36. The molecule has 0 unspecified atom stereocenters. The summed E-state index contributed by atoms with van der Waals surface area (Å²) in [6.07, 6.45) is 2.10. The van der Waals surface area contributed by atoms with Gasteiger partial charge in [0.25, 0.3) is 0 Å². The highest BCUT2D eigenvalue weighted by atomic mass is 14.9. The van der Waals surface area contributed by atoms with E-state index in [0.29, 0.717) is 6.04 Å². The molecular weight excluding hydrogens is 184 g/mol. The molecule has 0 aliphatic carbocycles. The predicted molar refractivity (Wildman–Crippen MR) is 64.9 cm³/mol. The summed E-state index contributed by atoms with van der Waals surface area (Å²) in [5.41, 5.74) is 2.65. The van der Waals surface area contributed by atoms with Crippen LogP contribution in [-0.4, -0.2) is 10.6 Å². The van der Waals surface area contributed by atoms with Crippen LogP contribution in [0.15, 0.2) is 30.5 Å². The maximum Gasteiger partial charge on any atom is 0.0480 e. The van der Waals surface area contributed by atoms with Gasteiger partial charge in [0.2, 0.25) is 0 Å². The Hall–Kier alpha value is -1.28. The molecule has 0 saturated carbocycles. The van der Waals surface area contributed by atoms with Crippen molar-refractivity contribution in [3.63, 3.8) is 0 Å². The number of nitrogens with zero attached hydrogens (tertiary/aromatic N) is 1. The van der Waals surface area contributed by atoms with Crippen LogP contribution in [0.25, 0.3) is 10.9 Å². The zero-order valence-electron chi connectivity index (χ0n) is 9.62. The van der Waals surface area contributed by atoms with Crippen molar-refractivity contribution < 1.29 is 0 Å². The number of hydrogen-bond donors (Lipinski definition) is 1. The molecule has 0 spiro atoms. The number of hydrogen-bond acceptors (Lipinski definition) is 1. The number of nitrogens with one attached hydrogen (secondary N) is 1. The lowest BCUT2D eigenvalue weighted by Gasteiger charge is -2.08. The first-order valence-corrected chi connectivity index (χ1v) is 5.44. The molecule has 15 heavy (non-hydrogen) atoms. The highest BCUT2D eigenvalue weighted by Crippen LogP contribution is 2.16. The van der Waals surface area contributed by atoms with Gasteiger partial charge in [-0.3, -0.25) is 0 Å². The predicted octanol–water partition coefficient (Wildman–Crippen LogP) is 2.68. The van der Waals surface area contributed by atoms with Crippen LogP contribution in [-0.2, 0) is 13.6 Å². The summed E-state index contributed by atoms with van der Waals surface area (Å²) in [5, 5.41) is 4.74. The van der Waals surface area contributed by atoms with Gasteiger partial charge in [0, 0.05) is 31.3 Å². The van der Waals surface area contributed by atoms with E-state index in [1.165, 1.54) is 16.5 Å². The van der Waals surface area contributed by atoms with Crippen LogP contribution in [0, 0.1) is 0 Å². The number of aromatic nitrogens is 1. The Bertz CT molecular complexity index is 455. The maximum absolute atomic E-state index is 3.43. The smallest absolute Gasteiger partial charge is 0.0480 e. The first kappa shape index (κ1) is 10.2. The summed E-state index contributed by atoms with van der Waals surface area (Å²) < 4.78 is 2.16. The molecule has 0 aliphatic rings. The van der Waals surface area contributed by atoms with Crippen molar-refractivity contribution in [1.29, 1.82) is 0 Å². The summed E-state index contributed by atoms with van der Waals surface area (Å²) in [4.78, 5) is 0. The van der Waals surface area contributed by atoms with Crippen LogP contribution in [0.4, 0.5) is 0 Å². The molecule has 80 valence electrons. The molecule has 0 aliphatic heterocycles. The summed E-state index contributed by atoms with van der Waals surface area (Å²) in [6.45, 7) is 5.28. The van der Waals surface area contributed by atoms with Crippen molar-refractivity contribution in [1.82, 2.24) is 9.88 Å². The van der Waals surface area contributed by atoms with Gasteiger partial charge in [-0.05, 0) is 23.1 Å². The lowest BCUT2D eigenvalue weighted by atomic mass is 10.1. The lowest BCUT2D eigenvalue weighted by molar-refractivity contribution is 0.589. The van der Waals surface area contributed by atoms with E-state index in [4.69, 9.17) is 0 Å². The lowest BCUT2D eigenvalue weighted by Crippen LogP contribution is -2.21. The van der Waals surface area contributed by atoms with Crippen molar-refractivity contribution in [3.8, 4) is 0 Å². The molecule has 0 bridgehead atoms. The zero-order chi connectivity index (χ0) is 10.8. The number of benzene rings is 1. The Morgan fingerprint density at radius 3 is 2.80 bits per heavy atom. The van der Waals surface area contributed by atoms with Gasteiger partial charge >= 0.3 is 0 Å². The van der Waals surface area contributed by atoms with E-state index >= 15 is 0 Å². The second kappa shape index (κ2) is 4.07. The summed E-state index contributed by atoms with van der Waals surface area (Å²) >= 11 is 0. The summed E-state index contributed by atoms with van der Waals surface area (Å²) in [5.74, 6) is 0. The van der Waals surface area contributed by atoms with Gasteiger partial charge in [-0.1, -0.05) is 26.0 Å². The van der Waals surface area contributed by atoms with Gasteiger partial charge < -0.3 is 9.88 Å². The van der Waals surface area contributed by atoms with Crippen molar-refractivity contribution in [2.24, 2.45) is 7.05 Å². The third-order valence-electron chi connectivity index (χ3n) is 2.67. The fourth-order valence-electron chi connectivity index (χ4n) is 1.74. The molecule has 1 heterocycles. The van der Waals surface area contributed by atoms with Gasteiger partial charge in [0.1, 0.15) is 0 Å². The first-order chi connectivity index (χ1) is 7.16. The minimum absolute atomic E-state index is 0.536. The normalized spacial score (nSPS) is 11.5. The third-order valence-corrected chi connectivity index (χ3v) is 2.67. The summed E-state index contributed by atoms with van der Waals surface area (Å²) in [6, 6.07) is 9.32. The fraction of sp³-hybridized carbons (Fsp3) is 0.385. The van der Waals surface area contributed by atoms with Crippen LogP contribution < -0.4 is 5.32 Å². The van der Waals surface area contributed by atoms with Crippen LogP contribution in [0.1, 0.15) is 19.4 Å². The van der Waals surface area contributed by atoms with E-state index in [1.807, 2.05) is 0 Å². The zero-order valence-corrected chi connectivity index (χ0v) is 9.62. The second-order valence-electron chi connectivity index (χ2n) is 4.36. The molecule has 2 heteroatoms. The monoisotopic (exact) mass is 202 g/mol. The van der Waals surface area contributed by atoms with Gasteiger partial charge in [0.05, 0.1) is 0 Å². The van der Waals surface area contributed by atoms with Crippen LogP contribution in [0.2, 0.25) is 0 Å². The SMILES string of the molecule is CC(C)NCc1ccc2ccn(C)c2c1. The van der Waals surface area contributed by atoms with Crippen LogP contribution in [0.5, 0.6) is 0 Å². The number of aryl methyl sites for hydroxylation is 1. The highest BCUT2D eigenvalue weighted by molar-refractivity contribution is 5.80. The Balaban J connectivity index is 2.25. The average molecular weight is 202 g/mol. The molecule has 1 aromatic heterocycles. The molecule has 0 saturated heterocycles. The molecule has 0 radical (unpaired) electrons.